The van der Waals surface area contributed by atoms with E-state index in [0.717, 1.165) is 5.69 Å². The van der Waals surface area contributed by atoms with E-state index in [0.29, 0.717) is 17.4 Å². The number of carbonyl (C=O) groups excluding carboxylic acids is 1. The summed E-state index contributed by atoms with van der Waals surface area (Å²) in [5, 5.41) is 14.4. The standard InChI is InChI=1S/C14H17N3O2/c15-13(17-19)8-4-6-9(7-5-8)16-14(18)12-10-2-1-3-11(10)12/h4-7,10-12,19H,1-3H2,(H2,15,17)(H,16,18). The highest BCUT2D eigenvalue weighted by Gasteiger charge is 2.56. The van der Waals surface area contributed by atoms with E-state index in [1.165, 1.54) is 19.3 Å². The van der Waals surface area contributed by atoms with Gasteiger partial charge in [0.1, 0.15) is 0 Å². The van der Waals surface area contributed by atoms with Gasteiger partial charge in [-0.05, 0) is 48.9 Å². The summed E-state index contributed by atoms with van der Waals surface area (Å²) in [4.78, 5) is 12.1. The summed E-state index contributed by atoms with van der Waals surface area (Å²) < 4.78 is 0. The third kappa shape index (κ3) is 2.16. The maximum Gasteiger partial charge on any atom is 0.228 e. The Bertz CT molecular complexity index is 514. The van der Waals surface area contributed by atoms with E-state index in [4.69, 9.17) is 10.9 Å². The highest BCUT2D eigenvalue weighted by atomic mass is 16.4. The van der Waals surface area contributed by atoms with E-state index < -0.39 is 0 Å². The van der Waals surface area contributed by atoms with E-state index in [1.54, 1.807) is 24.3 Å². The van der Waals surface area contributed by atoms with E-state index >= 15 is 0 Å². The second-order valence-electron chi connectivity index (χ2n) is 5.34. The lowest BCUT2D eigenvalue weighted by Gasteiger charge is -2.07. The number of oxime groups is 1. The van der Waals surface area contributed by atoms with Gasteiger partial charge in [-0.3, -0.25) is 4.79 Å². The summed E-state index contributed by atoms with van der Waals surface area (Å²) in [6.45, 7) is 0. The number of anilines is 1. The van der Waals surface area contributed by atoms with E-state index in [2.05, 4.69) is 10.5 Å². The van der Waals surface area contributed by atoms with Gasteiger partial charge in [-0.2, -0.15) is 0 Å². The van der Waals surface area contributed by atoms with Crippen LogP contribution in [0.4, 0.5) is 5.69 Å². The van der Waals surface area contributed by atoms with Gasteiger partial charge in [-0.25, -0.2) is 0 Å². The molecular formula is C14H17N3O2. The smallest absolute Gasteiger partial charge is 0.228 e. The van der Waals surface area contributed by atoms with Crippen LogP contribution in [0.5, 0.6) is 0 Å². The molecule has 2 saturated carbocycles. The van der Waals surface area contributed by atoms with Gasteiger partial charge in [-0.1, -0.05) is 11.6 Å². The number of amidine groups is 1. The molecule has 4 N–H and O–H groups in total. The zero-order chi connectivity index (χ0) is 13.4. The van der Waals surface area contributed by atoms with Crippen molar-refractivity contribution in [2.45, 2.75) is 19.3 Å². The molecule has 0 radical (unpaired) electrons. The van der Waals surface area contributed by atoms with Crippen LogP contribution in [0.2, 0.25) is 0 Å². The van der Waals surface area contributed by atoms with Gasteiger partial charge in [0.2, 0.25) is 5.91 Å². The number of nitrogens with zero attached hydrogens (tertiary/aromatic N) is 1. The fourth-order valence-corrected chi connectivity index (χ4v) is 3.22. The van der Waals surface area contributed by atoms with Crippen LogP contribution in [0.15, 0.2) is 29.4 Å². The van der Waals surface area contributed by atoms with Crippen LogP contribution in [0.3, 0.4) is 0 Å². The van der Waals surface area contributed by atoms with Gasteiger partial charge in [0.05, 0.1) is 0 Å². The van der Waals surface area contributed by atoms with Crippen LogP contribution in [0.1, 0.15) is 24.8 Å². The molecule has 2 atom stereocenters. The molecule has 2 fully saturated rings. The third-order valence-corrected chi connectivity index (χ3v) is 4.27. The maximum absolute atomic E-state index is 12.1. The predicted octanol–water partition coefficient (Wildman–Crippen LogP) is 1.77. The van der Waals surface area contributed by atoms with Crippen molar-refractivity contribution in [1.29, 1.82) is 0 Å². The van der Waals surface area contributed by atoms with Crippen LogP contribution in [-0.2, 0) is 4.79 Å². The third-order valence-electron chi connectivity index (χ3n) is 4.27. The van der Waals surface area contributed by atoms with Crippen molar-refractivity contribution in [2.75, 3.05) is 5.32 Å². The Morgan fingerprint density at radius 3 is 2.47 bits per heavy atom. The molecule has 2 aliphatic rings. The molecule has 1 aromatic carbocycles. The molecular weight excluding hydrogens is 242 g/mol. The largest absolute Gasteiger partial charge is 0.409 e. The molecule has 0 saturated heterocycles. The van der Waals surface area contributed by atoms with Gasteiger partial charge in [0.15, 0.2) is 5.84 Å². The molecule has 3 rings (SSSR count). The van der Waals surface area contributed by atoms with Crippen LogP contribution in [0, 0.1) is 17.8 Å². The first-order valence-electron chi connectivity index (χ1n) is 6.59. The Kier molecular flexibility index (Phi) is 2.89. The molecule has 5 heteroatoms. The minimum Gasteiger partial charge on any atom is -0.409 e. The van der Waals surface area contributed by atoms with Gasteiger partial charge < -0.3 is 16.3 Å². The Hall–Kier alpha value is -2.04. The monoisotopic (exact) mass is 259 g/mol. The quantitative estimate of drug-likeness (QED) is 0.334. The second kappa shape index (κ2) is 4.57. The molecule has 5 nitrogen and oxygen atoms in total. The van der Waals surface area contributed by atoms with Gasteiger partial charge in [-0.15, -0.1) is 0 Å². The number of hydrogen-bond donors (Lipinski definition) is 3. The van der Waals surface area contributed by atoms with Crippen LogP contribution in [-0.4, -0.2) is 17.0 Å². The molecule has 100 valence electrons. The molecule has 2 unspecified atom stereocenters. The Morgan fingerprint density at radius 2 is 1.89 bits per heavy atom. The van der Waals surface area contributed by atoms with Crippen LogP contribution >= 0.6 is 0 Å². The summed E-state index contributed by atoms with van der Waals surface area (Å²) in [5.41, 5.74) is 6.86. The first-order chi connectivity index (χ1) is 9.20. The van der Waals surface area contributed by atoms with Crippen LogP contribution < -0.4 is 11.1 Å². The predicted molar refractivity (Wildman–Crippen MR) is 71.9 cm³/mol. The van der Waals surface area contributed by atoms with Crippen molar-refractivity contribution in [3.8, 4) is 0 Å². The van der Waals surface area contributed by atoms with Crippen LogP contribution in [0.25, 0.3) is 0 Å². The molecule has 1 aromatic rings. The van der Waals surface area contributed by atoms with Crippen molar-refractivity contribution in [3.63, 3.8) is 0 Å². The number of nitrogens with two attached hydrogens (primary N) is 1. The number of hydrogen-bond acceptors (Lipinski definition) is 3. The zero-order valence-corrected chi connectivity index (χ0v) is 10.5. The summed E-state index contributed by atoms with van der Waals surface area (Å²) >= 11 is 0. The van der Waals surface area contributed by atoms with Gasteiger partial charge >= 0.3 is 0 Å². The molecule has 0 bridgehead atoms. The summed E-state index contributed by atoms with van der Waals surface area (Å²) in [7, 11) is 0. The first kappa shape index (κ1) is 12.0. The highest BCUT2D eigenvalue weighted by Crippen LogP contribution is 2.57. The lowest BCUT2D eigenvalue weighted by Crippen LogP contribution is -2.17. The van der Waals surface area contributed by atoms with Crippen molar-refractivity contribution < 1.29 is 10.0 Å². The minimum atomic E-state index is 0.0644. The molecule has 0 spiro atoms. The Labute approximate surface area is 111 Å². The van der Waals surface area contributed by atoms with Gasteiger partial charge in [0, 0.05) is 17.2 Å². The second-order valence-corrected chi connectivity index (χ2v) is 5.34. The fraction of sp³-hybridized carbons (Fsp3) is 0.429. The van der Waals surface area contributed by atoms with E-state index in [-0.39, 0.29) is 17.7 Å². The average molecular weight is 259 g/mol. The van der Waals surface area contributed by atoms with Gasteiger partial charge in [0.25, 0.3) is 0 Å². The Morgan fingerprint density at radius 1 is 1.26 bits per heavy atom. The van der Waals surface area contributed by atoms with Crippen molar-refractivity contribution in [3.05, 3.63) is 29.8 Å². The number of amides is 1. The number of rotatable bonds is 3. The number of benzene rings is 1. The molecule has 19 heavy (non-hydrogen) atoms. The molecule has 0 aromatic heterocycles. The number of carbonyl (C=O) groups is 1. The fourth-order valence-electron chi connectivity index (χ4n) is 3.22. The average Bonchev–Trinajstić information content (AvgIpc) is 2.92. The lowest BCUT2D eigenvalue weighted by atomic mass is 10.1. The molecule has 0 heterocycles. The summed E-state index contributed by atoms with van der Waals surface area (Å²) in [6.07, 6.45) is 3.67. The summed E-state index contributed by atoms with van der Waals surface area (Å²) in [5.74, 6) is 1.66. The molecule has 0 aliphatic heterocycles. The summed E-state index contributed by atoms with van der Waals surface area (Å²) in [6, 6.07) is 6.98. The Balaban J connectivity index is 1.62. The van der Waals surface area contributed by atoms with Crippen molar-refractivity contribution >= 4 is 17.4 Å². The zero-order valence-electron chi connectivity index (χ0n) is 10.5. The lowest BCUT2D eigenvalue weighted by molar-refractivity contribution is -0.118. The minimum absolute atomic E-state index is 0.0644. The normalized spacial score (nSPS) is 28.8. The maximum atomic E-state index is 12.1. The topological polar surface area (TPSA) is 87.7 Å². The number of fused-ring (bicyclic) bond motifs is 1. The SMILES string of the molecule is N/C(=N/O)c1ccc(NC(=O)C2C3CCCC32)cc1. The molecule has 2 aliphatic carbocycles. The van der Waals surface area contributed by atoms with Crippen molar-refractivity contribution in [1.82, 2.24) is 0 Å². The molecule has 1 amide bonds. The first-order valence-corrected chi connectivity index (χ1v) is 6.59. The van der Waals surface area contributed by atoms with E-state index in [9.17, 15) is 4.79 Å². The highest BCUT2D eigenvalue weighted by molar-refractivity contribution is 5.98. The van der Waals surface area contributed by atoms with Crippen molar-refractivity contribution in [2.24, 2.45) is 28.6 Å². The van der Waals surface area contributed by atoms with E-state index in [1.807, 2.05) is 0 Å². The number of nitrogens with one attached hydrogen (secondary N) is 1.